The monoisotopic (exact) mass is 371 g/mol. The minimum Gasteiger partial charge on any atom is -0.507 e. The molecule has 2 N–H and O–H groups in total. The van der Waals surface area contributed by atoms with E-state index in [9.17, 15) is 9.90 Å². The SMILES string of the molecule is CC(Cc1ccco1)NC(=O)c1ccc(I)c(O)c1. The van der Waals surface area contributed by atoms with Crippen LogP contribution in [0.25, 0.3) is 0 Å². The Labute approximate surface area is 125 Å². The zero-order chi connectivity index (χ0) is 13.8. The van der Waals surface area contributed by atoms with Crippen LogP contribution in [0.15, 0.2) is 41.0 Å². The molecule has 2 rings (SSSR count). The number of aromatic hydroxyl groups is 1. The summed E-state index contributed by atoms with van der Waals surface area (Å²) < 4.78 is 5.95. The fourth-order valence-electron chi connectivity index (χ4n) is 1.74. The highest BCUT2D eigenvalue weighted by molar-refractivity contribution is 14.1. The van der Waals surface area contributed by atoms with Crippen LogP contribution in [-0.2, 0) is 6.42 Å². The summed E-state index contributed by atoms with van der Waals surface area (Å²) in [5.74, 6) is 0.746. The van der Waals surface area contributed by atoms with E-state index in [0.29, 0.717) is 12.0 Å². The number of rotatable bonds is 4. The molecule has 0 radical (unpaired) electrons. The first-order chi connectivity index (χ1) is 9.06. The van der Waals surface area contributed by atoms with Crippen molar-refractivity contribution in [2.75, 3.05) is 0 Å². The van der Waals surface area contributed by atoms with Gasteiger partial charge in [0.15, 0.2) is 0 Å². The maximum Gasteiger partial charge on any atom is 0.251 e. The van der Waals surface area contributed by atoms with E-state index in [1.54, 1.807) is 18.4 Å². The maximum absolute atomic E-state index is 12.0. The van der Waals surface area contributed by atoms with Gasteiger partial charge in [0, 0.05) is 18.0 Å². The molecule has 0 aliphatic heterocycles. The molecule has 0 saturated carbocycles. The molecule has 5 heteroatoms. The van der Waals surface area contributed by atoms with Crippen LogP contribution in [0.5, 0.6) is 5.75 Å². The third-order valence-corrected chi connectivity index (χ3v) is 3.59. The summed E-state index contributed by atoms with van der Waals surface area (Å²) in [4.78, 5) is 12.0. The van der Waals surface area contributed by atoms with Gasteiger partial charge in [0.1, 0.15) is 11.5 Å². The average Bonchev–Trinajstić information content (AvgIpc) is 2.85. The Bertz CT molecular complexity index is 566. The standard InChI is InChI=1S/C14H14INO3/c1-9(7-11-3-2-6-19-11)16-14(18)10-4-5-12(15)13(17)8-10/h2-6,8-9,17H,7H2,1H3,(H,16,18). The molecule has 100 valence electrons. The largest absolute Gasteiger partial charge is 0.507 e. The number of carbonyl (C=O) groups is 1. The van der Waals surface area contributed by atoms with Crippen molar-refractivity contribution in [2.24, 2.45) is 0 Å². The first kappa shape index (κ1) is 13.9. The van der Waals surface area contributed by atoms with Crippen molar-refractivity contribution in [1.82, 2.24) is 5.32 Å². The number of phenols is 1. The number of phenolic OH excluding ortho intramolecular Hbond substituents is 1. The molecule has 0 bridgehead atoms. The van der Waals surface area contributed by atoms with Gasteiger partial charge < -0.3 is 14.8 Å². The fourth-order valence-corrected chi connectivity index (χ4v) is 2.08. The molecule has 1 amide bonds. The fraction of sp³-hybridized carbons (Fsp3) is 0.214. The van der Waals surface area contributed by atoms with Crippen molar-refractivity contribution >= 4 is 28.5 Å². The van der Waals surface area contributed by atoms with Crippen molar-refractivity contribution in [2.45, 2.75) is 19.4 Å². The van der Waals surface area contributed by atoms with Gasteiger partial charge in [0.05, 0.1) is 9.83 Å². The van der Waals surface area contributed by atoms with Crippen molar-refractivity contribution in [1.29, 1.82) is 0 Å². The molecule has 0 fully saturated rings. The Hall–Kier alpha value is -1.50. The Balaban J connectivity index is 1.98. The Kier molecular flexibility index (Phi) is 4.47. The van der Waals surface area contributed by atoms with Gasteiger partial charge in [-0.3, -0.25) is 4.79 Å². The molecule has 0 aliphatic rings. The third kappa shape index (κ3) is 3.73. The minimum atomic E-state index is -0.203. The van der Waals surface area contributed by atoms with E-state index < -0.39 is 0 Å². The molecule has 1 aromatic carbocycles. The molecular formula is C14H14INO3. The lowest BCUT2D eigenvalue weighted by molar-refractivity contribution is 0.0939. The van der Waals surface area contributed by atoms with Crippen LogP contribution in [0.2, 0.25) is 0 Å². The molecule has 0 aliphatic carbocycles. The lowest BCUT2D eigenvalue weighted by Crippen LogP contribution is -2.33. The number of halogens is 1. The van der Waals surface area contributed by atoms with Gasteiger partial charge >= 0.3 is 0 Å². The molecule has 1 aromatic heterocycles. The number of carbonyl (C=O) groups excluding carboxylic acids is 1. The highest BCUT2D eigenvalue weighted by atomic mass is 127. The molecule has 19 heavy (non-hydrogen) atoms. The first-order valence-electron chi connectivity index (χ1n) is 5.88. The van der Waals surface area contributed by atoms with Crippen LogP contribution in [0.1, 0.15) is 23.0 Å². The lowest BCUT2D eigenvalue weighted by atomic mass is 10.1. The first-order valence-corrected chi connectivity index (χ1v) is 6.96. The van der Waals surface area contributed by atoms with Crippen molar-refractivity contribution in [3.8, 4) is 5.75 Å². The van der Waals surface area contributed by atoms with Crippen molar-refractivity contribution in [3.63, 3.8) is 0 Å². The van der Waals surface area contributed by atoms with Gasteiger partial charge in [0.2, 0.25) is 0 Å². The van der Waals surface area contributed by atoms with E-state index in [1.165, 1.54) is 6.07 Å². The predicted molar refractivity (Wildman–Crippen MR) is 80.2 cm³/mol. The lowest BCUT2D eigenvalue weighted by Gasteiger charge is -2.12. The molecular weight excluding hydrogens is 357 g/mol. The highest BCUT2D eigenvalue weighted by Gasteiger charge is 2.12. The zero-order valence-electron chi connectivity index (χ0n) is 10.4. The van der Waals surface area contributed by atoms with Gasteiger partial charge in [-0.15, -0.1) is 0 Å². The minimum absolute atomic E-state index is 0.0416. The third-order valence-electron chi connectivity index (χ3n) is 2.67. The second-order valence-corrected chi connectivity index (χ2v) is 5.49. The van der Waals surface area contributed by atoms with E-state index in [4.69, 9.17) is 4.42 Å². The Morgan fingerprint density at radius 3 is 2.89 bits per heavy atom. The second kappa shape index (κ2) is 6.10. The van der Waals surface area contributed by atoms with Crippen LogP contribution >= 0.6 is 22.6 Å². The normalized spacial score (nSPS) is 12.1. The van der Waals surface area contributed by atoms with Crippen LogP contribution in [0.4, 0.5) is 0 Å². The van der Waals surface area contributed by atoms with E-state index in [1.807, 2.05) is 41.6 Å². The summed E-state index contributed by atoms with van der Waals surface area (Å²) in [5, 5.41) is 12.5. The number of benzene rings is 1. The second-order valence-electron chi connectivity index (χ2n) is 4.32. The average molecular weight is 371 g/mol. The van der Waals surface area contributed by atoms with Gasteiger partial charge in [-0.1, -0.05) is 0 Å². The van der Waals surface area contributed by atoms with Crippen molar-refractivity contribution in [3.05, 3.63) is 51.5 Å². The molecule has 0 saturated heterocycles. The van der Waals surface area contributed by atoms with Gasteiger partial charge in [-0.05, 0) is 59.8 Å². The summed E-state index contributed by atoms with van der Waals surface area (Å²) in [6.07, 6.45) is 2.25. The smallest absolute Gasteiger partial charge is 0.251 e. The molecule has 0 spiro atoms. The summed E-state index contributed by atoms with van der Waals surface area (Å²) in [6.45, 7) is 1.91. The van der Waals surface area contributed by atoms with Crippen molar-refractivity contribution < 1.29 is 14.3 Å². The Morgan fingerprint density at radius 2 is 2.26 bits per heavy atom. The highest BCUT2D eigenvalue weighted by Crippen LogP contribution is 2.20. The summed E-state index contributed by atoms with van der Waals surface area (Å²) in [5.41, 5.74) is 0.448. The number of amides is 1. The number of nitrogens with one attached hydrogen (secondary N) is 1. The topological polar surface area (TPSA) is 62.5 Å². The molecule has 1 heterocycles. The van der Waals surface area contributed by atoms with Crippen LogP contribution < -0.4 is 5.32 Å². The molecule has 1 atom stereocenters. The Morgan fingerprint density at radius 1 is 1.47 bits per heavy atom. The zero-order valence-corrected chi connectivity index (χ0v) is 12.5. The van der Waals surface area contributed by atoms with E-state index >= 15 is 0 Å². The summed E-state index contributed by atoms with van der Waals surface area (Å²) in [7, 11) is 0. The summed E-state index contributed by atoms with van der Waals surface area (Å²) in [6, 6.07) is 8.52. The van der Waals surface area contributed by atoms with Crippen LogP contribution in [-0.4, -0.2) is 17.1 Å². The maximum atomic E-state index is 12.0. The predicted octanol–water partition coefficient (Wildman–Crippen LogP) is 2.95. The van der Waals surface area contributed by atoms with E-state index in [2.05, 4.69) is 5.32 Å². The number of hydrogen-bond donors (Lipinski definition) is 2. The molecule has 4 nitrogen and oxygen atoms in total. The quantitative estimate of drug-likeness (QED) is 0.813. The molecule has 2 aromatic rings. The van der Waals surface area contributed by atoms with Crippen LogP contribution in [0.3, 0.4) is 0 Å². The summed E-state index contributed by atoms with van der Waals surface area (Å²) >= 11 is 2.01. The van der Waals surface area contributed by atoms with E-state index in [-0.39, 0.29) is 17.7 Å². The van der Waals surface area contributed by atoms with Gasteiger partial charge in [0.25, 0.3) is 5.91 Å². The van der Waals surface area contributed by atoms with Crippen LogP contribution in [0, 0.1) is 3.57 Å². The van der Waals surface area contributed by atoms with Gasteiger partial charge in [-0.2, -0.15) is 0 Å². The molecule has 1 unspecified atom stereocenters. The van der Waals surface area contributed by atoms with E-state index in [0.717, 1.165) is 9.33 Å². The number of hydrogen-bond acceptors (Lipinski definition) is 3. The number of furan rings is 1. The van der Waals surface area contributed by atoms with Gasteiger partial charge in [-0.25, -0.2) is 0 Å².